The molecule has 13 nitrogen and oxygen atoms in total. The van der Waals surface area contributed by atoms with Gasteiger partial charge >= 0.3 is 35.8 Å². The minimum absolute atomic E-state index is 0.0742. The normalized spacial score (nSPS) is 12.8. The highest BCUT2D eigenvalue weighted by molar-refractivity contribution is 8.24. The third-order valence-corrected chi connectivity index (χ3v) is 7.91. The topological polar surface area (TPSA) is 182 Å². The van der Waals surface area contributed by atoms with E-state index in [0.717, 1.165) is 41.8 Å². The molecule has 0 unspecified atom stereocenters. The molecule has 0 aromatic heterocycles. The molecular weight excluding hydrogens is 618 g/mol. The fourth-order valence-corrected chi connectivity index (χ4v) is 5.66. The number of benzene rings is 1. The molecule has 0 fully saturated rings. The summed E-state index contributed by atoms with van der Waals surface area (Å²) in [5.41, 5.74) is -2.10. The summed E-state index contributed by atoms with van der Waals surface area (Å²) in [7, 11) is 0. The minimum atomic E-state index is -1.63. The molecule has 1 heterocycles. The molecule has 0 N–H and O–H groups in total. The Labute approximate surface area is 260 Å². The van der Waals surface area contributed by atoms with Crippen LogP contribution in [0.2, 0.25) is 0 Å². The molecule has 0 saturated heterocycles. The molecule has 0 amide bonds. The second-order valence-corrected chi connectivity index (χ2v) is 10.9. The Morgan fingerprint density at radius 3 is 1.61 bits per heavy atom. The van der Waals surface area contributed by atoms with Gasteiger partial charge in [0, 0.05) is 31.6 Å². The number of thioether (sulfide) groups is 2. The van der Waals surface area contributed by atoms with Crippen molar-refractivity contribution in [2.24, 2.45) is 5.41 Å². The molecule has 0 spiro atoms. The fourth-order valence-electron chi connectivity index (χ4n) is 3.10. The Bertz CT molecular complexity index is 1400. The smallest absolute Gasteiger partial charge is 0.350 e. The first-order valence-electron chi connectivity index (χ1n) is 12.5. The Morgan fingerprint density at radius 1 is 0.795 bits per heavy atom. The Morgan fingerprint density at radius 2 is 1.23 bits per heavy atom. The summed E-state index contributed by atoms with van der Waals surface area (Å²) < 4.78 is 31.4. The summed E-state index contributed by atoms with van der Waals surface area (Å²) in [6.45, 7) is 10.3. The van der Waals surface area contributed by atoms with Crippen LogP contribution in [-0.2, 0) is 47.7 Å². The maximum Gasteiger partial charge on any atom is 0.350 e. The summed E-state index contributed by atoms with van der Waals surface area (Å²) in [6, 6.07) is 4.60. The van der Waals surface area contributed by atoms with E-state index >= 15 is 0 Å². The van der Waals surface area contributed by atoms with Crippen molar-refractivity contribution in [3.8, 4) is 17.6 Å². The van der Waals surface area contributed by atoms with Gasteiger partial charge in [0.15, 0.2) is 5.57 Å². The first-order valence-corrected chi connectivity index (χ1v) is 14.2. The van der Waals surface area contributed by atoms with E-state index in [1.54, 1.807) is 13.0 Å². The van der Waals surface area contributed by atoms with E-state index in [4.69, 9.17) is 28.4 Å². The van der Waals surface area contributed by atoms with Gasteiger partial charge in [-0.3, -0.25) is 9.59 Å². The van der Waals surface area contributed by atoms with Crippen LogP contribution in [0.5, 0.6) is 11.5 Å². The standard InChI is InChI=1S/C29H27NO12S2/c1-6-21(32)37-13-29(14-38-22(33)7-2,15-39-23(34)8-3)16-40-27(36)18(12-30)28-43-25-19(41-17(5)31)10-11-20(26(25)44-28)42-24(35)9-4/h6-8,10-11H,1-3,9,13-16H2,4-5H3/b28-18-. The molecule has 0 aliphatic carbocycles. The van der Waals surface area contributed by atoms with E-state index < -0.39 is 73.2 Å². The van der Waals surface area contributed by atoms with Crippen LogP contribution in [0.4, 0.5) is 0 Å². The van der Waals surface area contributed by atoms with Crippen molar-refractivity contribution >= 4 is 59.3 Å². The van der Waals surface area contributed by atoms with Crippen LogP contribution in [0.3, 0.4) is 0 Å². The number of hydrogen-bond donors (Lipinski definition) is 0. The van der Waals surface area contributed by atoms with Gasteiger partial charge in [-0.15, -0.1) is 0 Å². The predicted octanol–water partition coefficient (Wildman–Crippen LogP) is 3.58. The molecule has 232 valence electrons. The van der Waals surface area contributed by atoms with Crippen molar-refractivity contribution < 1.29 is 57.2 Å². The number of nitrogens with zero attached hydrogens (tertiary/aromatic N) is 1. The fraction of sp³-hybridized carbons (Fsp3) is 0.276. The van der Waals surface area contributed by atoms with Crippen molar-refractivity contribution in [2.75, 3.05) is 26.4 Å². The Balaban J connectivity index is 2.44. The van der Waals surface area contributed by atoms with E-state index in [1.807, 2.05) is 0 Å². The molecule has 44 heavy (non-hydrogen) atoms. The molecule has 0 radical (unpaired) electrons. The van der Waals surface area contributed by atoms with Gasteiger partial charge in [-0.05, 0) is 12.1 Å². The second kappa shape index (κ2) is 16.7. The van der Waals surface area contributed by atoms with Gasteiger partial charge in [-0.25, -0.2) is 19.2 Å². The highest BCUT2D eigenvalue weighted by Gasteiger charge is 2.39. The lowest BCUT2D eigenvalue weighted by molar-refractivity contribution is -0.164. The van der Waals surface area contributed by atoms with Crippen LogP contribution in [0.25, 0.3) is 0 Å². The number of carbonyl (C=O) groups is 6. The Kier molecular flexibility index (Phi) is 13.5. The molecule has 2 rings (SSSR count). The van der Waals surface area contributed by atoms with Gasteiger partial charge in [-0.2, -0.15) is 5.26 Å². The molecule has 0 saturated carbocycles. The minimum Gasteiger partial charge on any atom is -0.462 e. The molecule has 0 bridgehead atoms. The number of nitriles is 1. The van der Waals surface area contributed by atoms with E-state index in [0.29, 0.717) is 9.79 Å². The zero-order chi connectivity index (χ0) is 32.9. The van der Waals surface area contributed by atoms with Crippen LogP contribution in [-0.4, -0.2) is 62.2 Å². The van der Waals surface area contributed by atoms with Gasteiger partial charge in [0.25, 0.3) is 0 Å². The summed E-state index contributed by atoms with van der Waals surface area (Å²) in [5.74, 6) is -4.69. The van der Waals surface area contributed by atoms with E-state index in [2.05, 4.69) is 19.7 Å². The number of ether oxygens (including phenoxy) is 6. The summed E-state index contributed by atoms with van der Waals surface area (Å²) >= 11 is 1.82. The lowest BCUT2D eigenvalue weighted by Gasteiger charge is -2.31. The second-order valence-electron chi connectivity index (χ2n) is 8.63. The van der Waals surface area contributed by atoms with Gasteiger partial charge in [-0.1, -0.05) is 50.2 Å². The van der Waals surface area contributed by atoms with E-state index in [9.17, 15) is 34.0 Å². The lowest BCUT2D eigenvalue weighted by Crippen LogP contribution is -2.43. The molecule has 0 atom stereocenters. The molecule has 1 aromatic carbocycles. The van der Waals surface area contributed by atoms with E-state index in [-0.39, 0.29) is 22.2 Å². The lowest BCUT2D eigenvalue weighted by atomic mass is 9.92. The van der Waals surface area contributed by atoms with Crippen LogP contribution in [0.15, 0.2) is 69.7 Å². The zero-order valence-corrected chi connectivity index (χ0v) is 25.3. The number of fused-ring (bicyclic) bond motifs is 1. The average Bonchev–Trinajstić information content (AvgIpc) is 3.46. The summed E-state index contributed by atoms with van der Waals surface area (Å²) in [6.07, 6.45) is 2.67. The van der Waals surface area contributed by atoms with Crippen molar-refractivity contribution in [3.05, 3.63) is 59.9 Å². The van der Waals surface area contributed by atoms with Gasteiger partial charge in [0.2, 0.25) is 0 Å². The van der Waals surface area contributed by atoms with Crippen LogP contribution < -0.4 is 9.47 Å². The molecule has 1 aliphatic rings. The van der Waals surface area contributed by atoms with Gasteiger partial charge in [0.1, 0.15) is 49.4 Å². The highest BCUT2D eigenvalue weighted by atomic mass is 32.2. The monoisotopic (exact) mass is 645 g/mol. The van der Waals surface area contributed by atoms with Crippen molar-refractivity contribution in [1.82, 2.24) is 0 Å². The molecule has 1 aliphatic heterocycles. The van der Waals surface area contributed by atoms with E-state index in [1.165, 1.54) is 19.1 Å². The van der Waals surface area contributed by atoms with Crippen molar-refractivity contribution in [1.29, 1.82) is 5.26 Å². The maximum atomic E-state index is 13.2. The van der Waals surface area contributed by atoms with Crippen LogP contribution in [0.1, 0.15) is 20.3 Å². The van der Waals surface area contributed by atoms with Crippen molar-refractivity contribution in [2.45, 2.75) is 30.1 Å². The largest absolute Gasteiger partial charge is 0.462 e. The first-order chi connectivity index (χ1) is 20.9. The molecular formula is C29H27NO12S2. The third kappa shape index (κ3) is 9.89. The molecule has 1 aromatic rings. The number of carbonyl (C=O) groups excluding carboxylic acids is 6. The summed E-state index contributed by atoms with van der Waals surface area (Å²) in [5, 5.41) is 9.91. The maximum absolute atomic E-state index is 13.2. The third-order valence-electron chi connectivity index (χ3n) is 5.29. The highest BCUT2D eigenvalue weighted by Crippen LogP contribution is 2.59. The predicted molar refractivity (Wildman–Crippen MR) is 155 cm³/mol. The number of esters is 6. The van der Waals surface area contributed by atoms with Gasteiger partial charge < -0.3 is 28.4 Å². The van der Waals surface area contributed by atoms with Crippen LogP contribution >= 0.6 is 23.5 Å². The first kappa shape index (κ1) is 35.4. The number of rotatable bonds is 15. The number of hydrogen-bond acceptors (Lipinski definition) is 15. The average molecular weight is 646 g/mol. The SMILES string of the molecule is C=CC(=O)OCC(COC(=O)C=C)(COC(=O)C=C)COC(=O)/C(C#N)=C1/Sc2c(OC(C)=O)ccc(OC(=O)CC)c2S1. The Hall–Kier alpha value is -4.81. The quantitative estimate of drug-likeness (QED) is 0.0886. The van der Waals surface area contributed by atoms with Crippen LogP contribution in [0, 0.1) is 16.7 Å². The molecule has 15 heteroatoms. The van der Waals surface area contributed by atoms with Gasteiger partial charge in [0.05, 0.1) is 14.0 Å². The van der Waals surface area contributed by atoms with Crippen molar-refractivity contribution in [3.63, 3.8) is 0 Å². The summed E-state index contributed by atoms with van der Waals surface area (Å²) in [4.78, 5) is 73.0. The zero-order valence-electron chi connectivity index (χ0n) is 23.7.